The van der Waals surface area contributed by atoms with Crippen LogP contribution in [0.1, 0.15) is 68.6 Å². The monoisotopic (exact) mass is 990 g/mol. The van der Waals surface area contributed by atoms with E-state index in [2.05, 4.69) is 10.1 Å². The van der Waals surface area contributed by atoms with Crippen LogP contribution in [-0.2, 0) is 56.9 Å². The van der Waals surface area contributed by atoms with Gasteiger partial charge in [-0.2, -0.15) is 26.3 Å². The third-order valence-electron chi connectivity index (χ3n) is 10.8. The number of hydrogen-bond acceptors (Lipinski definition) is 15. The molecule has 23 heteroatoms. The normalized spacial score (nSPS) is 19.5. The lowest BCUT2D eigenvalue weighted by atomic mass is 10.1. The van der Waals surface area contributed by atoms with E-state index in [1.54, 1.807) is 41.5 Å². The Morgan fingerprint density at radius 3 is 1.48 bits per heavy atom. The summed E-state index contributed by atoms with van der Waals surface area (Å²) in [5, 5.41) is 3.18. The molecule has 69 heavy (non-hydrogen) atoms. The van der Waals surface area contributed by atoms with Crippen molar-refractivity contribution in [3.63, 3.8) is 0 Å². The lowest BCUT2D eigenvalue weighted by molar-refractivity contribution is -0.145. The van der Waals surface area contributed by atoms with Crippen LogP contribution >= 0.6 is 0 Å². The molecule has 2 amide bonds. The van der Waals surface area contributed by atoms with E-state index in [-0.39, 0.29) is 62.4 Å². The minimum absolute atomic E-state index is 0.0132. The Morgan fingerprint density at radius 2 is 1.06 bits per heavy atom. The molecular weight excluding hydrogens is 927 g/mol. The quantitative estimate of drug-likeness (QED) is 0.152. The molecule has 0 spiro atoms. The predicted molar refractivity (Wildman–Crippen MR) is 240 cm³/mol. The van der Waals surface area contributed by atoms with Crippen molar-refractivity contribution in [3.8, 4) is 0 Å². The van der Waals surface area contributed by atoms with Gasteiger partial charge in [-0.25, -0.2) is 19.2 Å². The predicted octanol–water partition coefficient (Wildman–Crippen LogP) is 5.86. The third kappa shape index (κ3) is 17.5. The second-order valence-corrected chi connectivity index (χ2v) is 18.4. The molecule has 386 valence electrons. The third-order valence-corrected chi connectivity index (χ3v) is 10.8. The van der Waals surface area contributed by atoms with Gasteiger partial charge in [-0.05, 0) is 83.5 Å². The molecule has 4 saturated heterocycles. The van der Waals surface area contributed by atoms with Gasteiger partial charge in [0.15, 0.2) is 12.1 Å². The fraction of sp³-hybridized carbons (Fsp3) is 0.630. The first-order valence-electron chi connectivity index (χ1n) is 22.3. The fourth-order valence-corrected chi connectivity index (χ4v) is 7.46. The molecule has 1 N–H and O–H groups in total. The van der Waals surface area contributed by atoms with Crippen molar-refractivity contribution in [1.82, 2.24) is 20.0 Å². The van der Waals surface area contributed by atoms with Gasteiger partial charge in [0, 0.05) is 88.9 Å². The summed E-state index contributed by atoms with van der Waals surface area (Å²) in [7, 11) is 2.43. The van der Waals surface area contributed by atoms with Gasteiger partial charge in [-0.1, -0.05) is 0 Å². The second-order valence-electron chi connectivity index (χ2n) is 18.4. The summed E-state index contributed by atoms with van der Waals surface area (Å²) < 4.78 is 110. The zero-order valence-corrected chi connectivity index (χ0v) is 40.3. The van der Waals surface area contributed by atoms with Crippen LogP contribution in [0.4, 0.5) is 47.3 Å². The molecule has 0 bridgehead atoms. The summed E-state index contributed by atoms with van der Waals surface area (Å²) in [5.74, 6) is -1.17. The molecule has 4 heterocycles. The van der Waals surface area contributed by atoms with Crippen LogP contribution in [-0.4, -0.2) is 174 Å². The Kier molecular flexibility index (Phi) is 19.9. The molecule has 0 saturated carbocycles. The van der Waals surface area contributed by atoms with Crippen LogP contribution in [0.2, 0.25) is 0 Å². The molecule has 17 nitrogen and oxygen atoms in total. The smallest absolute Gasteiger partial charge is 0.416 e. The number of anilines is 2. The Morgan fingerprint density at radius 1 is 0.623 bits per heavy atom. The van der Waals surface area contributed by atoms with E-state index in [9.17, 15) is 50.3 Å². The molecule has 2 aromatic rings. The maximum absolute atomic E-state index is 13.7. The Hall–Kier alpha value is -5.39. The van der Waals surface area contributed by atoms with Crippen molar-refractivity contribution >= 4 is 41.8 Å². The molecule has 4 fully saturated rings. The van der Waals surface area contributed by atoms with Gasteiger partial charge < -0.3 is 53.3 Å². The van der Waals surface area contributed by atoms with E-state index >= 15 is 0 Å². The Balaban J connectivity index is 0.000000252. The summed E-state index contributed by atoms with van der Waals surface area (Å²) in [6.07, 6.45) is -9.37. The molecule has 2 aromatic carbocycles. The zero-order chi connectivity index (χ0) is 51.3. The number of nitrogens with one attached hydrogen (secondary N) is 1. The summed E-state index contributed by atoms with van der Waals surface area (Å²) in [4.78, 5) is 67.0. The maximum Gasteiger partial charge on any atom is 0.416 e. The second kappa shape index (κ2) is 24.4. The van der Waals surface area contributed by atoms with Crippen molar-refractivity contribution in [3.05, 3.63) is 58.7 Å². The van der Waals surface area contributed by atoms with Crippen LogP contribution in [0.15, 0.2) is 36.4 Å². The van der Waals surface area contributed by atoms with Crippen molar-refractivity contribution in [2.75, 3.05) is 116 Å². The standard InChI is InChI=1S/C23H32F3N3O5.C14H14F3NO4.C9H18N2O2/c1-22(2,3)34-21(31)28-7-5-27(6-8-28)14-16-11-17(23(24,25)26)13-18(12-16)29-9-10-33-15-19(29)20(30)32-4;1-21-13(20)12-8-22-3-2-18(12)11-5-9(7-19)4-10(6-11)14(15,16)17;1-9(2,3)13-8(12)11-6-4-10-5-7-11/h11-13,19H,5-10,14-15H2,1-4H3;4-7,12H,2-3,8H2,1H3;10H,4-7H2,1-3H3. The average Bonchev–Trinajstić information content (AvgIpc) is 3.30. The molecule has 0 aromatic heterocycles. The zero-order valence-electron chi connectivity index (χ0n) is 40.3. The highest BCUT2D eigenvalue weighted by Gasteiger charge is 2.37. The number of benzene rings is 2. The maximum atomic E-state index is 13.7. The topological polar surface area (TPSA) is 169 Å². The molecule has 4 aliphatic rings. The first-order valence-corrected chi connectivity index (χ1v) is 22.3. The van der Waals surface area contributed by atoms with Gasteiger partial charge >= 0.3 is 36.5 Å². The van der Waals surface area contributed by atoms with Crippen LogP contribution in [0.5, 0.6) is 0 Å². The Labute approximate surface area is 398 Å². The van der Waals surface area contributed by atoms with Crippen molar-refractivity contribution in [2.45, 2.75) is 83.7 Å². The minimum Gasteiger partial charge on any atom is -0.467 e. The number of rotatable bonds is 7. The SMILES string of the molecule is CC(C)(C)OC(=O)N1CCNCC1.COC(=O)C1COCCN1c1cc(C=O)cc(C(F)(F)F)c1.COC(=O)C1COCCN1c1cc(CN2CCN(C(=O)OC(C)(C)C)CC2)cc(C(F)(F)F)c1. The van der Waals surface area contributed by atoms with Crippen molar-refractivity contribution in [2.24, 2.45) is 0 Å². The summed E-state index contributed by atoms with van der Waals surface area (Å²) in [6.45, 7) is 17.5. The van der Waals surface area contributed by atoms with Gasteiger partial charge in [0.05, 0.1) is 51.8 Å². The van der Waals surface area contributed by atoms with Gasteiger partial charge in [0.25, 0.3) is 0 Å². The molecule has 0 aliphatic carbocycles. The van der Waals surface area contributed by atoms with E-state index in [1.165, 1.54) is 25.2 Å². The highest BCUT2D eigenvalue weighted by atomic mass is 19.4. The molecular formula is C46H64F6N6O11. The highest BCUT2D eigenvalue weighted by molar-refractivity contribution is 5.83. The van der Waals surface area contributed by atoms with Crippen LogP contribution < -0.4 is 15.1 Å². The lowest BCUT2D eigenvalue weighted by Gasteiger charge is -2.37. The van der Waals surface area contributed by atoms with Gasteiger partial charge in [-0.3, -0.25) is 9.69 Å². The number of alkyl halides is 6. The number of hydrogen-bond donors (Lipinski definition) is 1. The molecule has 2 unspecified atom stereocenters. The molecule has 6 rings (SSSR count). The minimum atomic E-state index is -4.58. The van der Waals surface area contributed by atoms with E-state index < -0.39 is 59.2 Å². The lowest BCUT2D eigenvalue weighted by Crippen LogP contribution is -2.51. The molecule has 4 aliphatic heterocycles. The first kappa shape index (κ1) is 56.2. The summed E-state index contributed by atoms with van der Waals surface area (Å²) in [5.41, 5.74) is -1.89. The number of morpholine rings is 2. The number of halogens is 6. The van der Waals surface area contributed by atoms with Gasteiger partial charge in [0.2, 0.25) is 0 Å². The van der Waals surface area contributed by atoms with E-state index in [4.69, 9.17) is 23.7 Å². The van der Waals surface area contributed by atoms with E-state index in [1.807, 2.05) is 25.7 Å². The number of carbonyl (C=O) groups is 5. The number of amides is 2. The fourth-order valence-electron chi connectivity index (χ4n) is 7.46. The van der Waals surface area contributed by atoms with Crippen LogP contribution in [0.3, 0.4) is 0 Å². The summed E-state index contributed by atoms with van der Waals surface area (Å²) >= 11 is 0. The highest BCUT2D eigenvalue weighted by Crippen LogP contribution is 2.36. The number of piperazine rings is 2. The number of ether oxygens (including phenoxy) is 6. The number of carbonyl (C=O) groups excluding carboxylic acids is 5. The van der Waals surface area contributed by atoms with Crippen LogP contribution in [0.25, 0.3) is 0 Å². The molecule has 0 radical (unpaired) electrons. The summed E-state index contributed by atoms with van der Waals surface area (Å²) in [6, 6.07) is 5.20. The van der Waals surface area contributed by atoms with Crippen molar-refractivity contribution in [1.29, 1.82) is 0 Å². The Bertz CT molecular complexity index is 2050. The van der Waals surface area contributed by atoms with Crippen molar-refractivity contribution < 1.29 is 78.7 Å². The average molecular weight is 991 g/mol. The number of esters is 2. The number of methoxy groups -OCH3 is 2. The van der Waals surface area contributed by atoms with Crippen LogP contribution in [0, 0.1) is 0 Å². The first-order chi connectivity index (χ1) is 32.2. The molecule has 2 atom stereocenters. The van der Waals surface area contributed by atoms with E-state index in [0.29, 0.717) is 50.3 Å². The van der Waals surface area contributed by atoms with Gasteiger partial charge in [0.1, 0.15) is 17.5 Å². The number of nitrogens with zero attached hydrogens (tertiary/aromatic N) is 5. The largest absolute Gasteiger partial charge is 0.467 e. The number of aldehydes is 1. The van der Waals surface area contributed by atoms with Gasteiger partial charge in [-0.15, -0.1) is 0 Å². The van der Waals surface area contributed by atoms with E-state index in [0.717, 1.165) is 50.4 Å².